The van der Waals surface area contributed by atoms with Crippen molar-refractivity contribution in [2.45, 2.75) is 61.8 Å². The van der Waals surface area contributed by atoms with Crippen LogP contribution in [0.4, 0.5) is 0 Å². The molecule has 0 heterocycles. The first-order valence-electron chi connectivity index (χ1n) is 11.6. The van der Waals surface area contributed by atoms with Crippen LogP contribution in [0.15, 0.2) is 99.0 Å². The lowest BCUT2D eigenvalue weighted by Crippen LogP contribution is -2.24. The molecule has 1 saturated carbocycles. The minimum absolute atomic E-state index is 0.256. The van der Waals surface area contributed by atoms with Crippen molar-refractivity contribution in [3.05, 3.63) is 94.8 Å². The van der Waals surface area contributed by atoms with Gasteiger partial charge in [0, 0.05) is 10.3 Å². The summed E-state index contributed by atoms with van der Waals surface area (Å²) in [5.41, 5.74) is 2.34. The average Bonchev–Trinajstić information content (AvgIpc) is 2.82. The van der Waals surface area contributed by atoms with E-state index < -0.39 is 15.9 Å². The molecule has 1 unspecified atom stereocenters. The molecular weight excluding hydrogens is 448 g/mol. The Bertz CT molecular complexity index is 1070. The molecule has 1 aliphatic carbocycles. The van der Waals surface area contributed by atoms with Crippen molar-refractivity contribution in [2.75, 3.05) is 0 Å². The van der Waals surface area contributed by atoms with Crippen molar-refractivity contribution in [1.82, 2.24) is 0 Å². The fourth-order valence-electron chi connectivity index (χ4n) is 4.41. The highest BCUT2D eigenvalue weighted by Crippen LogP contribution is 2.38. The molecule has 2 aromatic carbocycles. The zero-order chi connectivity index (χ0) is 23.7. The lowest BCUT2D eigenvalue weighted by atomic mass is 9.73. The Morgan fingerprint density at radius 2 is 1.79 bits per heavy atom. The van der Waals surface area contributed by atoms with Crippen molar-refractivity contribution < 1.29 is 13.5 Å². The van der Waals surface area contributed by atoms with E-state index in [1.165, 1.54) is 23.0 Å². The van der Waals surface area contributed by atoms with E-state index in [1.54, 1.807) is 36.0 Å². The summed E-state index contributed by atoms with van der Waals surface area (Å²) >= 11 is 1.70. The molecule has 1 N–H and O–H groups in total. The fourth-order valence-corrected chi connectivity index (χ4v) is 6.10. The van der Waals surface area contributed by atoms with Gasteiger partial charge in [0.2, 0.25) is 0 Å². The Morgan fingerprint density at radius 3 is 2.52 bits per heavy atom. The fraction of sp³-hybridized carbons (Fsp3) is 0.357. The van der Waals surface area contributed by atoms with Crippen molar-refractivity contribution in [1.29, 1.82) is 0 Å². The summed E-state index contributed by atoms with van der Waals surface area (Å²) in [6.45, 7) is 4.09. The summed E-state index contributed by atoms with van der Waals surface area (Å²) in [7, 11) is -3.54. The van der Waals surface area contributed by atoms with Gasteiger partial charge in [0.1, 0.15) is 0 Å². The second-order valence-corrected chi connectivity index (χ2v) is 11.6. The second kappa shape index (κ2) is 12.4. The maximum absolute atomic E-state index is 12.5. The summed E-state index contributed by atoms with van der Waals surface area (Å²) < 4.78 is 25.1. The zero-order valence-electron chi connectivity index (χ0n) is 19.4. The van der Waals surface area contributed by atoms with Crippen LogP contribution in [0.2, 0.25) is 0 Å². The molecule has 0 spiro atoms. The Labute approximate surface area is 203 Å². The van der Waals surface area contributed by atoms with Gasteiger partial charge in [-0.1, -0.05) is 78.2 Å². The summed E-state index contributed by atoms with van der Waals surface area (Å²) in [6, 6.07) is 17.1. The van der Waals surface area contributed by atoms with Gasteiger partial charge in [0.25, 0.3) is 0 Å². The SMILES string of the molecule is C/C(=C/C=C/Sc1ccccc1)[C@H]1CCCC[C@@H]1CC(O)/C=C/S(=O)(=O)c1ccc(C)cc1. The van der Waals surface area contributed by atoms with Crippen molar-refractivity contribution in [3.8, 4) is 0 Å². The third-order valence-electron chi connectivity index (χ3n) is 6.25. The first kappa shape index (κ1) is 25.5. The number of rotatable bonds is 9. The Balaban J connectivity index is 1.59. The maximum atomic E-state index is 12.5. The molecular formula is C28H34O3S2. The largest absolute Gasteiger partial charge is 0.389 e. The molecule has 0 radical (unpaired) electrons. The van der Waals surface area contributed by atoms with Crippen molar-refractivity contribution in [2.24, 2.45) is 11.8 Å². The van der Waals surface area contributed by atoms with E-state index >= 15 is 0 Å². The third kappa shape index (κ3) is 8.02. The highest BCUT2D eigenvalue weighted by molar-refractivity contribution is 8.02. The smallest absolute Gasteiger partial charge is 0.199 e. The van der Waals surface area contributed by atoms with Crippen LogP contribution in [-0.2, 0) is 9.84 Å². The number of hydrogen-bond donors (Lipinski definition) is 1. The van der Waals surface area contributed by atoms with Crippen LogP contribution in [0.5, 0.6) is 0 Å². The van der Waals surface area contributed by atoms with Gasteiger partial charge in [0.05, 0.1) is 11.0 Å². The summed E-state index contributed by atoms with van der Waals surface area (Å²) in [5.74, 6) is 0.772. The number of aryl methyl sites for hydroxylation is 1. The summed E-state index contributed by atoms with van der Waals surface area (Å²) in [4.78, 5) is 1.47. The molecule has 3 nitrogen and oxygen atoms in total. The van der Waals surface area contributed by atoms with Gasteiger partial charge in [-0.25, -0.2) is 8.42 Å². The minimum atomic E-state index is -3.54. The molecule has 0 aromatic heterocycles. The van der Waals surface area contributed by atoms with Crippen LogP contribution in [-0.4, -0.2) is 19.6 Å². The molecule has 33 heavy (non-hydrogen) atoms. The molecule has 3 atom stereocenters. The highest BCUT2D eigenvalue weighted by Gasteiger charge is 2.27. The van der Waals surface area contributed by atoms with Crippen molar-refractivity contribution >= 4 is 21.6 Å². The molecule has 1 fully saturated rings. The van der Waals surface area contributed by atoms with Crippen LogP contribution >= 0.6 is 11.8 Å². The zero-order valence-corrected chi connectivity index (χ0v) is 21.1. The maximum Gasteiger partial charge on any atom is 0.199 e. The lowest BCUT2D eigenvalue weighted by molar-refractivity contribution is 0.148. The number of benzene rings is 2. The van der Waals surface area contributed by atoms with Crippen LogP contribution in [0.25, 0.3) is 0 Å². The van der Waals surface area contributed by atoms with E-state index in [-0.39, 0.29) is 4.90 Å². The predicted octanol–water partition coefficient (Wildman–Crippen LogP) is 7.09. The van der Waals surface area contributed by atoms with Crippen molar-refractivity contribution in [3.63, 3.8) is 0 Å². The molecule has 3 rings (SSSR count). The highest BCUT2D eigenvalue weighted by atomic mass is 32.2. The summed E-state index contributed by atoms with van der Waals surface area (Å²) in [6.07, 6.45) is 10.1. The molecule has 0 aliphatic heterocycles. The topological polar surface area (TPSA) is 54.4 Å². The number of allylic oxidation sites excluding steroid dienone is 3. The normalized spacial score (nSPS) is 21.0. The molecule has 0 saturated heterocycles. The molecule has 2 aromatic rings. The summed E-state index contributed by atoms with van der Waals surface area (Å²) in [5, 5.41) is 13.9. The van der Waals surface area contributed by atoms with E-state index in [1.807, 2.05) is 25.1 Å². The van der Waals surface area contributed by atoms with E-state index in [4.69, 9.17) is 0 Å². The van der Waals surface area contributed by atoms with E-state index in [2.05, 4.69) is 36.6 Å². The van der Waals surface area contributed by atoms with Gasteiger partial charge in [-0.3, -0.25) is 0 Å². The van der Waals surface area contributed by atoms with E-state index in [0.29, 0.717) is 18.3 Å². The quantitative estimate of drug-likeness (QED) is 0.306. The number of sulfone groups is 1. The second-order valence-electron chi connectivity index (χ2n) is 8.81. The molecule has 1 aliphatic rings. The van der Waals surface area contributed by atoms with Crippen LogP contribution in [0.1, 0.15) is 44.6 Å². The first-order valence-corrected chi connectivity index (χ1v) is 14.0. The van der Waals surface area contributed by atoms with Crippen LogP contribution in [0, 0.1) is 18.8 Å². The standard InChI is InChI=1S/C28H34O3S2/c1-22-14-16-27(17-15-22)33(30,31)20-18-25(29)21-24-10-6-7-13-28(24)23(2)9-8-19-32-26-11-4-3-5-12-26/h3-5,8-9,11-12,14-20,24-25,28-29H,6-7,10,13,21H2,1-2H3/b19-8+,20-18+,23-9-/t24-,25?,28-/m1/s1. The average molecular weight is 483 g/mol. The Hall–Kier alpha value is -2.08. The number of hydrogen-bond acceptors (Lipinski definition) is 4. The predicted molar refractivity (Wildman–Crippen MR) is 139 cm³/mol. The molecule has 0 bridgehead atoms. The van der Waals surface area contributed by atoms with Gasteiger partial charge in [-0.15, -0.1) is 0 Å². The minimum Gasteiger partial charge on any atom is -0.389 e. The molecule has 176 valence electrons. The van der Waals surface area contributed by atoms with Gasteiger partial charge < -0.3 is 5.11 Å². The molecule has 0 amide bonds. The van der Waals surface area contributed by atoms with Crippen LogP contribution < -0.4 is 0 Å². The van der Waals surface area contributed by atoms with Crippen LogP contribution in [0.3, 0.4) is 0 Å². The number of thioether (sulfide) groups is 1. The van der Waals surface area contributed by atoms with E-state index in [9.17, 15) is 13.5 Å². The Morgan fingerprint density at radius 1 is 1.09 bits per heavy atom. The Kier molecular flexibility index (Phi) is 9.60. The van der Waals surface area contributed by atoms with Gasteiger partial charge in [0.15, 0.2) is 9.84 Å². The van der Waals surface area contributed by atoms with Gasteiger partial charge in [-0.2, -0.15) is 0 Å². The van der Waals surface area contributed by atoms with Gasteiger partial charge in [-0.05, 0) is 80.7 Å². The third-order valence-corrected chi connectivity index (χ3v) is 8.53. The lowest BCUT2D eigenvalue weighted by Gasteiger charge is -2.33. The monoisotopic (exact) mass is 482 g/mol. The van der Waals surface area contributed by atoms with E-state index in [0.717, 1.165) is 30.2 Å². The van der Waals surface area contributed by atoms with Gasteiger partial charge >= 0.3 is 0 Å². The number of aliphatic hydroxyl groups is 1. The molecule has 5 heteroatoms. The first-order chi connectivity index (χ1) is 15.8. The number of aliphatic hydroxyl groups excluding tert-OH is 1.